The van der Waals surface area contributed by atoms with Gasteiger partial charge < -0.3 is 4.74 Å². The molecule has 0 aliphatic heterocycles. The van der Waals surface area contributed by atoms with Crippen LogP contribution in [0.5, 0.6) is 0 Å². The maximum absolute atomic E-state index is 8.30. The van der Waals surface area contributed by atoms with Crippen LogP contribution in [0.3, 0.4) is 0 Å². The van der Waals surface area contributed by atoms with Crippen LogP contribution in [0.15, 0.2) is 37.4 Å². The molecule has 0 fully saturated rings. The Morgan fingerprint density at radius 1 is 1.40 bits per heavy atom. The van der Waals surface area contributed by atoms with E-state index in [1.54, 1.807) is 12.3 Å². The molecule has 0 saturated heterocycles. The standard InChI is InChI=1S/C11H9NO.C2H6/c1-3-10-6-4-5-7-11(10)9(2)13-8-12;1-2/h3-7H,1-2H2;1-2H3. The van der Waals surface area contributed by atoms with Gasteiger partial charge in [0.2, 0.25) is 0 Å². The van der Waals surface area contributed by atoms with E-state index < -0.39 is 0 Å². The fourth-order valence-corrected chi connectivity index (χ4v) is 1.04. The summed E-state index contributed by atoms with van der Waals surface area (Å²) in [5, 5.41) is 8.30. The zero-order valence-corrected chi connectivity index (χ0v) is 9.16. The van der Waals surface area contributed by atoms with Crippen LogP contribution in [0.4, 0.5) is 0 Å². The van der Waals surface area contributed by atoms with E-state index in [1.165, 1.54) is 0 Å². The molecular formula is C13H15NO. The molecule has 0 aliphatic rings. The summed E-state index contributed by atoms with van der Waals surface area (Å²) in [6.45, 7) is 11.3. The summed E-state index contributed by atoms with van der Waals surface area (Å²) in [7, 11) is 0. The van der Waals surface area contributed by atoms with Crippen molar-refractivity contribution < 1.29 is 4.74 Å². The summed E-state index contributed by atoms with van der Waals surface area (Å²) in [5.41, 5.74) is 1.70. The summed E-state index contributed by atoms with van der Waals surface area (Å²) in [6, 6.07) is 7.46. The Morgan fingerprint density at radius 2 is 2.00 bits per heavy atom. The predicted octanol–water partition coefficient (Wildman–Crippen LogP) is 3.82. The van der Waals surface area contributed by atoms with Crippen LogP contribution >= 0.6 is 0 Å². The third-order valence-electron chi connectivity index (χ3n) is 1.65. The Labute approximate surface area is 91.1 Å². The summed E-state index contributed by atoms with van der Waals surface area (Å²) in [5.74, 6) is 0.345. The second-order valence-corrected chi connectivity index (χ2v) is 2.41. The third kappa shape index (κ3) is 3.70. The van der Waals surface area contributed by atoms with Crippen molar-refractivity contribution in [3.63, 3.8) is 0 Å². The minimum absolute atomic E-state index is 0.345. The normalized spacial score (nSPS) is 7.80. The summed E-state index contributed by atoms with van der Waals surface area (Å²) in [4.78, 5) is 0. The number of hydrogen-bond acceptors (Lipinski definition) is 2. The highest BCUT2D eigenvalue weighted by atomic mass is 16.5. The van der Waals surface area contributed by atoms with Crippen molar-refractivity contribution in [3.8, 4) is 6.26 Å². The Bertz CT molecular complexity index is 374. The van der Waals surface area contributed by atoms with Crippen molar-refractivity contribution in [3.05, 3.63) is 48.6 Å². The molecule has 0 bridgehead atoms. The van der Waals surface area contributed by atoms with Gasteiger partial charge in [0, 0.05) is 5.56 Å². The van der Waals surface area contributed by atoms with Crippen LogP contribution in [-0.4, -0.2) is 0 Å². The number of hydrogen-bond donors (Lipinski definition) is 0. The lowest BCUT2D eigenvalue weighted by Gasteiger charge is -2.04. The van der Waals surface area contributed by atoms with E-state index in [2.05, 4.69) is 17.9 Å². The molecule has 1 aromatic rings. The zero-order valence-electron chi connectivity index (χ0n) is 9.16. The van der Waals surface area contributed by atoms with Gasteiger partial charge in [0.05, 0.1) is 0 Å². The van der Waals surface area contributed by atoms with Crippen molar-refractivity contribution in [2.45, 2.75) is 13.8 Å². The Balaban J connectivity index is 0.000000921. The molecule has 1 aromatic carbocycles. The van der Waals surface area contributed by atoms with Gasteiger partial charge in [-0.25, -0.2) is 0 Å². The largest absolute Gasteiger partial charge is 0.388 e. The van der Waals surface area contributed by atoms with Gasteiger partial charge in [-0.3, -0.25) is 0 Å². The first-order chi connectivity index (χ1) is 7.29. The lowest BCUT2D eigenvalue weighted by Crippen LogP contribution is -1.88. The molecule has 0 spiro atoms. The highest BCUT2D eigenvalue weighted by Crippen LogP contribution is 2.18. The van der Waals surface area contributed by atoms with Gasteiger partial charge in [-0.2, -0.15) is 0 Å². The summed E-state index contributed by atoms with van der Waals surface area (Å²) < 4.78 is 4.63. The number of benzene rings is 1. The van der Waals surface area contributed by atoms with E-state index in [1.807, 2.05) is 38.1 Å². The molecule has 0 amide bonds. The maximum Gasteiger partial charge on any atom is 0.292 e. The fraction of sp³-hybridized carbons (Fsp3) is 0.154. The quantitative estimate of drug-likeness (QED) is 0.550. The molecule has 2 nitrogen and oxygen atoms in total. The van der Waals surface area contributed by atoms with E-state index >= 15 is 0 Å². The second kappa shape index (κ2) is 7.40. The zero-order chi connectivity index (χ0) is 11.7. The lowest BCUT2D eigenvalue weighted by molar-refractivity contribution is 0.464. The Kier molecular flexibility index (Phi) is 6.41. The lowest BCUT2D eigenvalue weighted by atomic mass is 10.1. The second-order valence-electron chi connectivity index (χ2n) is 2.41. The summed E-state index contributed by atoms with van der Waals surface area (Å²) >= 11 is 0. The molecule has 0 radical (unpaired) electrons. The van der Waals surface area contributed by atoms with Crippen molar-refractivity contribution in [1.29, 1.82) is 5.26 Å². The van der Waals surface area contributed by atoms with Gasteiger partial charge >= 0.3 is 0 Å². The molecule has 0 atom stereocenters. The molecule has 2 heteroatoms. The maximum atomic E-state index is 8.30. The molecule has 0 saturated carbocycles. The van der Waals surface area contributed by atoms with Crippen LogP contribution in [0.2, 0.25) is 0 Å². The molecule has 0 heterocycles. The van der Waals surface area contributed by atoms with Crippen molar-refractivity contribution in [1.82, 2.24) is 0 Å². The average Bonchev–Trinajstić information content (AvgIpc) is 2.32. The first-order valence-corrected chi connectivity index (χ1v) is 4.76. The fourth-order valence-electron chi connectivity index (χ4n) is 1.04. The van der Waals surface area contributed by atoms with Crippen LogP contribution < -0.4 is 0 Å². The molecule has 0 aromatic heterocycles. The molecule has 0 aliphatic carbocycles. The molecule has 15 heavy (non-hydrogen) atoms. The highest BCUT2D eigenvalue weighted by Gasteiger charge is 2.03. The Morgan fingerprint density at radius 3 is 2.53 bits per heavy atom. The predicted molar refractivity (Wildman–Crippen MR) is 63.6 cm³/mol. The SMILES string of the molecule is C=Cc1ccccc1C(=C)OC#N.CC. The van der Waals surface area contributed by atoms with E-state index in [4.69, 9.17) is 5.26 Å². The van der Waals surface area contributed by atoms with E-state index in [0.29, 0.717) is 5.76 Å². The van der Waals surface area contributed by atoms with Crippen LogP contribution in [0.1, 0.15) is 25.0 Å². The van der Waals surface area contributed by atoms with Crippen LogP contribution in [-0.2, 0) is 4.74 Å². The highest BCUT2D eigenvalue weighted by molar-refractivity contribution is 5.69. The minimum Gasteiger partial charge on any atom is -0.388 e. The summed E-state index contributed by atoms with van der Waals surface area (Å²) in [6.07, 6.45) is 3.28. The number of nitrogens with zero attached hydrogens (tertiary/aromatic N) is 1. The van der Waals surface area contributed by atoms with E-state index in [9.17, 15) is 0 Å². The molecule has 0 N–H and O–H groups in total. The van der Waals surface area contributed by atoms with Gasteiger partial charge in [-0.15, -0.1) is 5.26 Å². The topological polar surface area (TPSA) is 33.0 Å². The minimum atomic E-state index is 0.345. The number of nitriles is 1. The number of rotatable bonds is 3. The van der Waals surface area contributed by atoms with Crippen LogP contribution in [0, 0.1) is 11.5 Å². The van der Waals surface area contributed by atoms with Crippen molar-refractivity contribution in [2.24, 2.45) is 0 Å². The van der Waals surface area contributed by atoms with Gasteiger partial charge in [0.15, 0.2) is 0 Å². The van der Waals surface area contributed by atoms with Gasteiger partial charge in [0.1, 0.15) is 5.76 Å². The van der Waals surface area contributed by atoms with E-state index in [-0.39, 0.29) is 0 Å². The van der Waals surface area contributed by atoms with Gasteiger partial charge in [-0.1, -0.05) is 57.3 Å². The third-order valence-corrected chi connectivity index (χ3v) is 1.65. The average molecular weight is 201 g/mol. The monoisotopic (exact) mass is 201 g/mol. The molecular weight excluding hydrogens is 186 g/mol. The van der Waals surface area contributed by atoms with Gasteiger partial charge in [-0.05, 0) is 5.56 Å². The Hall–Kier alpha value is -2.01. The van der Waals surface area contributed by atoms with Crippen molar-refractivity contribution in [2.75, 3.05) is 0 Å². The smallest absolute Gasteiger partial charge is 0.292 e. The molecule has 1 rings (SSSR count). The number of ether oxygens (including phenoxy) is 1. The first kappa shape index (κ1) is 13.0. The van der Waals surface area contributed by atoms with E-state index in [0.717, 1.165) is 11.1 Å². The van der Waals surface area contributed by atoms with Gasteiger partial charge in [0.25, 0.3) is 6.26 Å². The van der Waals surface area contributed by atoms with Crippen molar-refractivity contribution >= 4 is 11.8 Å². The molecule has 78 valence electrons. The van der Waals surface area contributed by atoms with Crippen LogP contribution in [0.25, 0.3) is 11.8 Å². The molecule has 0 unspecified atom stereocenters. The first-order valence-electron chi connectivity index (χ1n) is 4.76.